The van der Waals surface area contributed by atoms with Gasteiger partial charge in [0.05, 0.1) is 0 Å². The number of furan rings is 1. The molecular formula is C17H16N2O3. The SMILES string of the molecule is CCc1ccc(-c2cc(NC(=O)c3ccc(C)o3)on2)cc1. The van der Waals surface area contributed by atoms with Crippen LogP contribution in [-0.4, -0.2) is 11.1 Å². The molecule has 0 spiro atoms. The maximum absolute atomic E-state index is 12.0. The van der Waals surface area contributed by atoms with Crippen molar-refractivity contribution in [2.75, 3.05) is 5.32 Å². The van der Waals surface area contributed by atoms with Gasteiger partial charge in [0.25, 0.3) is 5.91 Å². The summed E-state index contributed by atoms with van der Waals surface area (Å²) in [6.07, 6.45) is 0.989. The third-order valence-electron chi connectivity index (χ3n) is 3.37. The van der Waals surface area contributed by atoms with Crippen LogP contribution >= 0.6 is 0 Å². The van der Waals surface area contributed by atoms with Crippen LogP contribution in [0, 0.1) is 6.92 Å². The van der Waals surface area contributed by atoms with Crippen molar-refractivity contribution in [2.24, 2.45) is 0 Å². The lowest BCUT2D eigenvalue weighted by molar-refractivity contribution is 0.0992. The van der Waals surface area contributed by atoms with Crippen LogP contribution in [0.2, 0.25) is 0 Å². The molecule has 0 fully saturated rings. The van der Waals surface area contributed by atoms with Gasteiger partial charge in [-0.1, -0.05) is 36.3 Å². The quantitative estimate of drug-likeness (QED) is 0.788. The first kappa shape index (κ1) is 14.1. The van der Waals surface area contributed by atoms with Crippen molar-refractivity contribution in [1.29, 1.82) is 0 Å². The summed E-state index contributed by atoms with van der Waals surface area (Å²) in [5.41, 5.74) is 2.87. The number of hydrogen-bond donors (Lipinski definition) is 1. The van der Waals surface area contributed by atoms with Gasteiger partial charge in [0.1, 0.15) is 11.5 Å². The molecule has 1 aromatic carbocycles. The topological polar surface area (TPSA) is 68.3 Å². The van der Waals surface area contributed by atoms with Gasteiger partial charge < -0.3 is 8.94 Å². The lowest BCUT2D eigenvalue weighted by Gasteiger charge is -1.98. The Morgan fingerprint density at radius 1 is 1.18 bits per heavy atom. The van der Waals surface area contributed by atoms with E-state index < -0.39 is 0 Å². The van der Waals surface area contributed by atoms with Gasteiger partial charge in [-0.2, -0.15) is 0 Å². The largest absolute Gasteiger partial charge is 0.456 e. The first-order valence-electron chi connectivity index (χ1n) is 7.09. The number of benzene rings is 1. The molecule has 0 bridgehead atoms. The minimum atomic E-state index is -0.364. The van der Waals surface area contributed by atoms with Gasteiger partial charge in [0.15, 0.2) is 5.76 Å². The Kier molecular flexibility index (Phi) is 3.78. The average Bonchev–Trinajstić information content (AvgIpc) is 3.16. The second kappa shape index (κ2) is 5.89. The zero-order valence-corrected chi connectivity index (χ0v) is 12.4. The smallest absolute Gasteiger partial charge is 0.293 e. The van der Waals surface area contributed by atoms with Crippen molar-refractivity contribution in [3.8, 4) is 11.3 Å². The molecule has 22 heavy (non-hydrogen) atoms. The number of hydrogen-bond acceptors (Lipinski definition) is 4. The summed E-state index contributed by atoms with van der Waals surface area (Å²) in [5.74, 6) is 0.841. The van der Waals surface area contributed by atoms with Crippen LogP contribution < -0.4 is 5.32 Å². The highest BCUT2D eigenvalue weighted by molar-refractivity contribution is 6.01. The molecule has 0 aliphatic carbocycles. The molecular weight excluding hydrogens is 280 g/mol. The van der Waals surface area contributed by atoms with Crippen molar-refractivity contribution >= 4 is 11.8 Å². The fraction of sp³-hybridized carbons (Fsp3) is 0.176. The standard InChI is InChI=1S/C17H16N2O3/c1-3-12-5-7-13(8-6-12)14-10-16(22-19-14)18-17(20)15-9-4-11(2)21-15/h4-10H,3H2,1-2H3,(H,18,20). The molecule has 3 rings (SSSR count). The summed E-state index contributed by atoms with van der Waals surface area (Å²) < 4.78 is 10.4. The van der Waals surface area contributed by atoms with E-state index in [1.54, 1.807) is 25.1 Å². The number of nitrogens with zero attached hydrogens (tertiary/aromatic N) is 1. The summed E-state index contributed by atoms with van der Waals surface area (Å²) in [5, 5.41) is 6.60. The van der Waals surface area contributed by atoms with Crippen molar-refractivity contribution in [3.05, 3.63) is 59.5 Å². The molecule has 1 N–H and O–H groups in total. The van der Waals surface area contributed by atoms with Crippen LogP contribution in [0.25, 0.3) is 11.3 Å². The van der Waals surface area contributed by atoms with E-state index in [0.29, 0.717) is 11.5 Å². The van der Waals surface area contributed by atoms with E-state index in [-0.39, 0.29) is 17.6 Å². The molecule has 1 amide bonds. The first-order valence-corrected chi connectivity index (χ1v) is 7.09. The molecule has 0 saturated heterocycles. The number of rotatable bonds is 4. The van der Waals surface area contributed by atoms with Gasteiger partial charge >= 0.3 is 0 Å². The Morgan fingerprint density at radius 2 is 1.95 bits per heavy atom. The summed E-state index contributed by atoms with van der Waals surface area (Å²) in [6.45, 7) is 3.89. The zero-order chi connectivity index (χ0) is 15.5. The van der Waals surface area contributed by atoms with Gasteiger partial charge in [-0.25, -0.2) is 0 Å². The molecule has 0 radical (unpaired) electrons. The van der Waals surface area contributed by atoms with Gasteiger partial charge in [-0.05, 0) is 31.0 Å². The van der Waals surface area contributed by atoms with Gasteiger partial charge in [-0.15, -0.1) is 0 Å². The van der Waals surface area contributed by atoms with Gasteiger partial charge in [0, 0.05) is 11.6 Å². The Balaban J connectivity index is 1.74. The van der Waals surface area contributed by atoms with Crippen molar-refractivity contribution in [2.45, 2.75) is 20.3 Å². The molecule has 2 aromatic heterocycles. The van der Waals surface area contributed by atoms with E-state index in [2.05, 4.69) is 17.4 Å². The molecule has 0 saturated carbocycles. The lowest BCUT2D eigenvalue weighted by atomic mass is 10.1. The molecule has 112 valence electrons. The highest BCUT2D eigenvalue weighted by atomic mass is 16.5. The molecule has 0 atom stereocenters. The predicted molar refractivity (Wildman–Crippen MR) is 82.7 cm³/mol. The molecule has 3 aromatic rings. The van der Waals surface area contributed by atoms with E-state index in [9.17, 15) is 4.79 Å². The van der Waals surface area contributed by atoms with Crippen molar-refractivity contribution in [3.63, 3.8) is 0 Å². The number of carbonyl (C=O) groups excluding carboxylic acids is 1. The maximum Gasteiger partial charge on any atom is 0.293 e. The molecule has 0 aliphatic heterocycles. The number of aryl methyl sites for hydroxylation is 2. The van der Waals surface area contributed by atoms with E-state index in [4.69, 9.17) is 8.94 Å². The van der Waals surface area contributed by atoms with Gasteiger partial charge in [0.2, 0.25) is 5.88 Å². The number of carbonyl (C=O) groups is 1. The summed E-state index contributed by atoms with van der Waals surface area (Å²) in [7, 11) is 0. The van der Waals surface area contributed by atoms with Crippen LogP contribution in [0.3, 0.4) is 0 Å². The van der Waals surface area contributed by atoms with Crippen LogP contribution in [0.15, 0.2) is 51.4 Å². The summed E-state index contributed by atoms with van der Waals surface area (Å²) in [4.78, 5) is 12.0. The van der Waals surface area contributed by atoms with Crippen LogP contribution in [0.5, 0.6) is 0 Å². The lowest BCUT2D eigenvalue weighted by Crippen LogP contribution is -2.09. The van der Waals surface area contributed by atoms with E-state index in [1.807, 2.05) is 24.3 Å². The van der Waals surface area contributed by atoms with Crippen LogP contribution in [0.1, 0.15) is 28.8 Å². The average molecular weight is 296 g/mol. The number of aromatic nitrogens is 1. The Labute approximate surface area is 127 Å². The third-order valence-corrected chi connectivity index (χ3v) is 3.37. The van der Waals surface area contributed by atoms with Crippen molar-refractivity contribution < 1.29 is 13.7 Å². The van der Waals surface area contributed by atoms with E-state index in [0.717, 1.165) is 12.0 Å². The maximum atomic E-state index is 12.0. The molecule has 0 aliphatic rings. The second-order valence-corrected chi connectivity index (χ2v) is 4.99. The number of anilines is 1. The fourth-order valence-electron chi connectivity index (χ4n) is 2.11. The Morgan fingerprint density at radius 3 is 2.59 bits per heavy atom. The third kappa shape index (κ3) is 2.93. The number of nitrogens with one attached hydrogen (secondary N) is 1. The summed E-state index contributed by atoms with van der Waals surface area (Å²) >= 11 is 0. The molecule has 0 unspecified atom stereocenters. The predicted octanol–water partition coefficient (Wildman–Crippen LogP) is 4.06. The van der Waals surface area contributed by atoms with E-state index in [1.165, 1.54) is 5.56 Å². The minimum absolute atomic E-state index is 0.239. The highest BCUT2D eigenvalue weighted by Gasteiger charge is 2.14. The minimum Gasteiger partial charge on any atom is -0.456 e. The van der Waals surface area contributed by atoms with Crippen LogP contribution in [-0.2, 0) is 6.42 Å². The Bertz CT molecular complexity index is 784. The molecule has 5 nitrogen and oxygen atoms in total. The fourth-order valence-corrected chi connectivity index (χ4v) is 2.11. The zero-order valence-electron chi connectivity index (χ0n) is 12.4. The monoisotopic (exact) mass is 296 g/mol. The van der Waals surface area contributed by atoms with Crippen LogP contribution in [0.4, 0.5) is 5.88 Å². The summed E-state index contributed by atoms with van der Waals surface area (Å²) in [6, 6.07) is 13.1. The van der Waals surface area contributed by atoms with Gasteiger partial charge in [-0.3, -0.25) is 10.1 Å². The Hall–Kier alpha value is -2.82. The normalized spacial score (nSPS) is 10.6. The molecule has 2 heterocycles. The van der Waals surface area contributed by atoms with E-state index >= 15 is 0 Å². The first-order chi connectivity index (χ1) is 10.7. The highest BCUT2D eigenvalue weighted by Crippen LogP contribution is 2.22. The number of amides is 1. The molecule has 5 heteroatoms. The second-order valence-electron chi connectivity index (χ2n) is 4.99. The van der Waals surface area contributed by atoms with Crippen molar-refractivity contribution in [1.82, 2.24) is 5.16 Å².